The third kappa shape index (κ3) is 3.70. The lowest BCUT2D eigenvalue weighted by atomic mass is 9.88. The summed E-state index contributed by atoms with van der Waals surface area (Å²) in [5.41, 5.74) is 8.15. The molecule has 1 aliphatic rings. The van der Waals surface area contributed by atoms with Crippen LogP contribution in [0.25, 0.3) is 0 Å². The number of piperidine rings is 1. The smallest absolute Gasteiger partial charge is 0.239 e. The molecule has 0 spiro atoms. The fourth-order valence-electron chi connectivity index (χ4n) is 3.31. The largest absolute Gasteiger partial charge is 0.367 e. The minimum absolute atomic E-state index is 0.179. The molecule has 0 bridgehead atoms. The summed E-state index contributed by atoms with van der Waals surface area (Å²) >= 11 is 0. The van der Waals surface area contributed by atoms with Crippen LogP contribution < -0.4 is 5.73 Å². The van der Waals surface area contributed by atoms with Crippen molar-refractivity contribution in [1.82, 2.24) is 20.1 Å². The SMILES string of the molecule is Cc1ccccc1[C@@H]1CCCN(C(=O)CCc2nc(N)n[nH]2)C1. The maximum absolute atomic E-state index is 12.5. The minimum Gasteiger partial charge on any atom is -0.367 e. The summed E-state index contributed by atoms with van der Waals surface area (Å²) in [7, 11) is 0. The van der Waals surface area contributed by atoms with Crippen molar-refractivity contribution in [2.24, 2.45) is 0 Å². The summed E-state index contributed by atoms with van der Waals surface area (Å²) in [6.45, 7) is 3.80. The van der Waals surface area contributed by atoms with Crippen molar-refractivity contribution in [3.8, 4) is 0 Å². The van der Waals surface area contributed by atoms with Crippen LogP contribution in [0.4, 0.5) is 5.95 Å². The van der Waals surface area contributed by atoms with Gasteiger partial charge in [0.25, 0.3) is 0 Å². The summed E-state index contributed by atoms with van der Waals surface area (Å²) in [4.78, 5) is 18.5. The number of aromatic amines is 1. The molecule has 122 valence electrons. The van der Waals surface area contributed by atoms with Crippen LogP contribution >= 0.6 is 0 Å². The average Bonchev–Trinajstić information content (AvgIpc) is 2.98. The molecule has 3 N–H and O–H groups in total. The molecule has 23 heavy (non-hydrogen) atoms. The number of amides is 1. The third-order valence-corrected chi connectivity index (χ3v) is 4.53. The molecule has 0 unspecified atom stereocenters. The number of nitrogen functional groups attached to an aromatic ring is 1. The number of hydrogen-bond acceptors (Lipinski definition) is 4. The van der Waals surface area contributed by atoms with E-state index in [1.54, 1.807) is 0 Å². The van der Waals surface area contributed by atoms with Crippen LogP contribution in [0.5, 0.6) is 0 Å². The van der Waals surface area contributed by atoms with E-state index in [4.69, 9.17) is 5.73 Å². The molecule has 6 nitrogen and oxygen atoms in total. The molecule has 6 heteroatoms. The van der Waals surface area contributed by atoms with E-state index in [0.29, 0.717) is 24.6 Å². The van der Waals surface area contributed by atoms with Crippen LogP contribution in [-0.2, 0) is 11.2 Å². The van der Waals surface area contributed by atoms with Crippen molar-refractivity contribution in [3.05, 3.63) is 41.2 Å². The first kappa shape index (κ1) is 15.5. The molecule has 0 radical (unpaired) electrons. The van der Waals surface area contributed by atoms with Gasteiger partial charge < -0.3 is 10.6 Å². The quantitative estimate of drug-likeness (QED) is 0.904. The topological polar surface area (TPSA) is 87.9 Å². The Kier molecular flexibility index (Phi) is 4.60. The van der Waals surface area contributed by atoms with Gasteiger partial charge in [0.15, 0.2) is 0 Å². The van der Waals surface area contributed by atoms with Crippen molar-refractivity contribution < 1.29 is 4.79 Å². The number of nitrogens with one attached hydrogen (secondary N) is 1. The van der Waals surface area contributed by atoms with Crippen molar-refractivity contribution in [1.29, 1.82) is 0 Å². The number of rotatable bonds is 4. The Morgan fingerprint density at radius 3 is 3.00 bits per heavy atom. The number of carbonyl (C=O) groups is 1. The predicted octanol–water partition coefficient (Wildman–Crippen LogP) is 2.03. The predicted molar refractivity (Wildman–Crippen MR) is 88.9 cm³/mol. The van der Waals surface area contributed by atoms with Crippen LogP contribution in [0.1, 0.15) is 42.1 Å². The van der Waals surface area contributed by atoms with E-state index in [1.165, 1.54) is 11.1 Å². The number of aromatic nitrogens is 3. The average molecular weight is 313 g/mol. The number of benzene rings is 1. The van der Waals surface area contributed by atoms with Gasteiger partial charge in [-0.05, 0) is 30.9 Å². The third-order valence-electron chi connectivity index (χ3n) is 4.53. The van der Waals surface area contributed by atoms with Crippen LogP contribution in [0.2, 0.25) is 0 Å². The number of hydrogen-bond donors (Lipinski definition) is 2. The Morgan fingerprint density at radius 2 is 2.26 bits per heavy atom. The second kappa shape index (κ2) is 6.81. The minimum atomic E-state index is 0.179. The molecule has 2 heterocycles. The molecule has 1 atom stereocenters. The lowest BCUT2D eigenvalue weighted by Crippen LogP contribution is -2.39. The first-order valence-corrected chi connectivity index (χ1v) is 8.13. The zero-order chi connectivity index (χ0) is 16.2. The molecule has 2 aromatic rings. The second-order valence-electron chi connectivity index (χ2n) is 6.18. The van der Waals surface area contributed by atoms with Gasteiger partial charge in [-0.3, -0.25) is 9.89 Å². The van der Waals surface area contributed by atoms with E-state index in [9.17, 15) is 4.79 Å². The van der Waals surface area contributed by atoms with E-state index in [1.807, 2.05) is 4.90 Å². The lowest BCUT2D eigenvalue weighted by Gasteiger charge is -2.33. The first-order chi connectivity index (χ1) is 11.1. The Bertz CT molecular complexity index is 681. The Hall–Kier alpha value is -2.37. The lowest BCUT2D eigenvalue weighted by molar-refractivity contribution is -0.132. The van der Waals surface area contributed by atoms with Crippen LogP contribution in [0.15, 0.2) is 24.3 Å². The van der Waals surface area contributed by atoms with Gasteiger partial charge in [-0.1, -0.05) is 24.3 Å². The maximum atomic E-state index is 12.5. The van der Waals surface area contributed by atoms with E-state index in [-0.39, 0.29) is 11.9 Å². The van der Waals surface area contributed by atoms with E-state index in [2.05, 4.69) is 46.4 Å². The molecule has 1 aliphatic heterocycles. The number of carbonyl (C=O) groups excluding carboxylic acids is 1. The van der Waals surface area contributed by atoms with Crippen LogP contribution in [0, 0.1) is 6.92 Å². The summed E-state index contributed by atoms with van der Waals surface area (Å²) in [6.07, 6.45) is 3.19. The van der Waals surface area contributed by atoms with E-state index >= 15 is 0 Å². The highest BCUT2D eigenvalue weighted by molar-refractivity contribution is 5.76. The second-order valence-corrected chi connectivity index (χ2v) is 6.18. The number of nitrogens with two attached hydrogens (primary N) is 1. The van der Waals surface area contributed by atoms with Gasteiger partial charge in [-0.15, -0.1) is 5.10 Å². The van der Waals surface area contributed by atoms with Crippen molar-refractivity contribution in [2.75, 3.05) is 18.8 Å². The van der Waals surface area contributed by atoms with E-state index < -0.39 is 0 Å². The van der Waals surface area contributed by atoms with Gasteiger partial charge >= 0.3 is 0 Å². The fraction of sp³-hybridized carbons (Fsp3) is 0.471. The molecule has 0 aliphatic carbocycles. The maximum Gasteiger partial charge on any atom is 0.239 e. The zero-order valence-electron chi connectivity index (χ0n) is 13.5. The molecule has 0 saturated carbocycles. The molecule has 1 amide bonds. The van der Waals surface area contributed by atoms with Gasteiger partial charge in [0.1, 0.15) is 5.82 Å². The van der Waals surface area contributed by atoms with Crippen molar-refractivity contribution in [2.45, 2.75) is 38.5 Å². The fourth-order valence-corrected chi connectivity index (χ4v) is 3.31. The number of likely N-dealkylation sites (tertiary alicyclic amines) is 1. The van der Waals surface area contributed by atoms with Gasteiger partial charge in [0.05, 0.1) is 0 Å². The number of aryl methyl sites for hydroxylation is 2. The molecular formula is C17H23N5O. The van der Waals surface area contributed by atoms with Crippen molar-refractivity contribution in [3.63, 3.8) is 0 Å². The Morgan fingerprint density at radius 1 is 1.43 bits per heavy atom. The van der Waals surface area contributed by atoms with Gasteiger partial charge in [0.2, 0.25) is 11.9 Å². The Labute approximate surface area is 136 Å². The summed E-state index contributed by atoms with van der Waals surface area (Å²) in [6, 6.07) is 8.47. The standard InChI is InChI=1S/C17H23N5O/c1-12-5-2-3-7-14(12)13-6-4-10-22(11-13)16(23)9-8-15-19-17(18)21-20-15/h2-3,5,7,13H,4,6,8-11H2,1H3,(H3,18,19,20,21)/t13-/m1/s1. The molecule has 1 fully saturated rings. The Balaban J connectivity index is 1.59. The normalized spacial score (nSPS) is 18.1. The number of H-pyrrole nitrogens is 1. The van der Waals surface area contributed by atoms with Gasteiger partial charge in [-0.25, -0.2) is 0 Å². The van der Waals surface area contributed by atoms with Crippen LogP contribution in [-0.4, -0.2) is 39.1 Å². The molecule has 1 aromatic heterocycles. The highest BCUT2D eigenvalue weighted by Crippen LogP contribution is 2.29. The van der Waals surface area contributed by atoms with Crippen LogP contribution in [0.3, 0.4) is 0 Å². The zero-order valence-corrected chi connectivity index (χ0v) is 13.5. The van der Waals surface area contributed by atoms with Gasteiger partial charge in [-0.2, -0.15) is 4.98 Å². The van der Waals surface area contributed by atoms with Gasteiger partial charge in [0, 0.05) is 31.8 Å². The number of nitrogens with zero attached hydrogens (tertiary/aromatic N) is 3. The highest BCUT2D eigenvalue weighted by atomic mass is 16.2. The monoisotopic (exact) mass is 313 g/mol. The molecular weight excluding hydrogens is 290 g/mol. The molecule has 3 rings (SSSR count). The van der Waals surface area contributed by atoms with Crippen molar-refractivity contribution >= 4 is 11.9 Å². The number of anilines is 1. The van der Waals surface area contributed by atoms with E-state index in [0.717, 1.165) is 25.9 Å². The molecule has 1 saturated heterocycles. The molecule has 1 aromatic carbocycles. The summed E-state index contributed by atoms with van der Waals surface area (Å²) < 4.78 is 0. The summed E-state index contributed by atoms with van der Waals surface area (Å²) in [5.74, 6) is 1.52. The highest BCUT2D eigenvalue weighted by Gasteiger charge is 2.25. The first-order valence-electron chi connectivity index (χ1n) is 8.13. The summed E-state index contributed by atoms with van der Waals surface area (Å²) in [5, 5.41) is 6.53.